The molecule has 0 aromatic heterocycles. The Morgan fingerprint density at radius 3 is 2.03 bits per heavy atom. The SMILES string of the molecule is CC(NC(=O)C12CC3CC(CC(C3)C1)C2)C(=O)Nc1ccc(OC(F)(F)F)cc1. The van der Waals surface area contributed by atoms with Crippen LogP contribution in [0.25, 0.3) is 0 Å². The van der Waals surface area contributed by atoms with Gasteiger partial charge in [0.05, 0.1) is 0 Å². The van der Waals surface area contributed by atoms with Crippen LogP contribution in [0.15, 0.2) is 24.3 Å². The van der Waals surface area contributed by atoms with Crippen molar-refractivity contribution < 1.29 is 27.5 Å². The molecule has 4 bridgehead atoms. The van der Waals surface area contributed by atoms with Gasteiger partial charge in [0, 0.05) is 11.1 Å². The van der Waals surface area contributed by atoms with Crippen LogP contribution < -0.4 is 15.4 Å². The number of hydrogen-bond acceptors (Lipinski definition) is 3. The van der Waals surface area contributed by atoms with E-state index in [-0.39, 0.29) is 17.1 Å². The molecule has 4 aliphatic carbocycles. The minimum atomic E-state index is -4.76. The molecule has 2 amide bonds. The van der Waals surface area contributed by atoms with Gasteiger partial charge in [-0.15, -0.1) is 13.2 Å². The van der Waals surface area contributed by atoms with E-state index in [2.05, 4.69) is 15.4 Å². The van der Waals surface area contributed by atoms with E-state index >= 15 is 0 Å². The van der Waals surface area contributed by atoms with Crippen molar-refractivity contribution in [2.24, 2.45) is 23.2 Å². The van der Waals surface area contributed by atoms with Crippen molar-refractivity contribution in [1.82, 2.24) is 5.32 Å². The standard InChI is InChI=1S/C21H25F3N2O3/c1-12(18(27)26-16-2-4-17(5-3-16)29-21(22,23)24)25-19(28)20-9-13-6-14(10-20)8-15(7-13)11-20/h2-5,12-15H,6-11H2,1H3,(H,25,28)(H,26,27). The minimum absolute atomic E-state index is 0.0341. The predicted octanol–water partition coefficient (Wildman–Crippen LogP) is 4.24. The van der Waals surface area contributed by atoms with Gasteiger partial charge >= 0.3 is 6.36 Å². The van der Waals surface area contributed by atoms with E-state index < -0.39 is 18.3 Å². The van der Waals surface area contributed by atoms with Gasteiger partial charge < -0.3 is 15.4 Å². The van der Waals surface area contributed by atoms with Crippen molar-refractivity contribution in [2.45, 2.75) is 57.9 Å². The second-order valence-corrected chi connectivity index (χ2v) is 8.95. The minimum Gasteiger partial charge on any atom is -0.406 e. The van der Waals surface area contributed by atoms with E-state index in [0.29, 0.717) is 23.4 Å². The van der Waals surface area contributed by atoms with Crippen LogP contribution in [0.1, 0.15) is 45.4 Å². The Balaban J connectivity index is 1.33. The zero-order chi connectivity index (χ0) is 20.8. The Morgan fingerprint density at radius 1 is 1.03 bits per heavy atom. The molecule has 8 heteroatoms. The van der Waals surface area contributed by atoms with Gasteiger partial charge in [-0.3, -0.25) is 9.59 Å². The molecule has 4 aliphatic rings. The second-order valence-electron chi connectivity index (χ2n) is 8.95. The first kappa shape index (κ1) is 20.0. The molecule has 1 aromatic rings. The molecule has 0 radical (unpaired) electrons. The Kier molecular flexibility index (Phi) is 4.99. The molecule has 0 heterocycles. The monoisotopic (exact) mass is 410 g/mol. The van der Waals surface area contributed by atoms with Gasteiger partial charge in [0.2, 0.25) is 11.8 Å². The molecular formula is C21H25F3N2O3. The highest BCUT2D eigenvalue weighted by atomic mass is 19.4. The second kappa shape index (κ2) is 7.22. The van der Waals surface area contributed by atoms with E-state index in [1.165, 1.54) is 31.4 Å². The Hall–Kier alpha value is -2.25. The summed E-state index contributed by atoms with van der Waals surface area (Å²) in [6, 6.07) is 4.17. The van der Waals surface area contributed by atoms with Crippen molar-refractivity contribution in [3.63, 3.8) is 0 Å². The lowest BCUT2D eigenvalue weighted by atomic mass is 9.49. The summed E-state index contributed by atoms with van der Waals surface area (Å²) in [6.45, 7) is 1.62. The topological polar surface area (TPSA) is 67.4 Å². The molecule has 158 valence electrons. The molecule has 0 aliphatic heterocycles. The summed E-state index contributed by atoms with van der Waals surface area (Å²) >= 11 is 0. The zero-order valence-corrected chi connectivity index (χ0v) is 16.2. The molecule has 4 fully saturated rings. The van der Waals surface area contributed by atoms with E-state index in [1.54, 1.807) is 6.92 Å². The quantitative estimate of drug-likeness (QED) is 0.763. The van der Waals surface area contributed by atoms with Crippen LogP contribution >= 0.6 is 0 Å². The highest BCUT2D eigenvalue weighted by Gasteiger charge is 2.54. The number of ether oxygens (including phenoxy) is 1. The lowest BCUT2D eigenvalue weighted by molar-refractivity contribution is -0.274. The molecule has 1 atom stereocenters. The number of carbonyl (C=O) groups is 2. The molecular weight excluding hydrogens is 385 g/mol. The number of benzene rings is 1. The van der Waals surface area contributed by atoms with Crippen LogP contribution in [0.5, 0.6) is 5.75 Å². The Bertz CT molecular complexity index is 756. The summed E-state index contributed by atoms with van der Waals surface area (Å²) in [5.41, 5.74) is 0.000269. The molecule has 29 heavy (non-hydrogen) atoms. The third-order valence-corrected chi connectivity index (χ3v) is 6.62. The Labute approximate surface area is 167 Å². The molecule has 4 saturated carbocycles. The molecule has 5 rings (SSSR count). The van der Waals surface area contributed by atoms with Crippen molar-refractivity contribution in [3.8, 4) is 5.75 Å². The van der Waals surface area contributed by atoms with Gasteiger partial charge in [-0.25, -0.2) is 0 Å². The van der Waals surface area contributed by atoms with Crippen molar-refractivity contribution in [1.29, 1.82) is 0 Å². The fourth-order valence-electron chi connectivity index (χ4n) is 5.79. The van der Waals surface area contributed by atoms with Crippen molar-refractivity contribution in [2.75, 3.05) is 5.32 Å². The summed E-state index contributed by atoms with van der Waals surface area (Å²) in [5, 5.41) is 5.50. The number of alkyl halides is 3. The average molecular weight is 410 g/mol. The fourth-order valence-corrected chi connectivity index (χ4v) is 5.79. The lowest BCUT2D eigenvalue weighted by Crippen LogP contribution is -2.56. The third kappa shape index (κ3) is 4.36. The first-order valence-corrected chi connectivity index (χ1v) is 10.1. The molecule has 2 N–H and O–H groups in total. The molecule has 1 aromatic carbocycles. The van der Waals surface area contributed by atoms with Crippen molar-refractivity contribution in [3.05, 3.63) is 24.3 Å². The smallest absolute Gasteiger partial charge is 0.406 e. The van der Waals surface area contributed by atoms with Crippen LogP contribution in [0.4, 0.5) is 18.9 Å². The maximum Gasteiger partial charge on any atom is 0.573 e. The van der Waals surface area contributed by atoms with Gasteiger partial charge in [0.15, 0.2) is 0 Å². The number of hydrogen-bond donors (Lipinski definition) is 2. The van der Waals surface area contributed by atoms with E-state index in [0.717, 1.165) is 31.4 Å². The summed E-state index contributed by atoms with van der Waals surface area (Å²) in [6.07, 6.45) is 1.68. The van der Waals surface area contributed by atoms with E-state index in [9.17, 15) is 22.8 Å². The van der Waals surface area contributed by atoms with Gasteiger partial charge in [-0.05, 0) is 87.5 Å². The number of halogens is 3. The highest BCUT2D eigenvalue weighted by molar-refractivity contribution is 5.97. The van der Waals surface area contributed by atoms with Gasteiger partial charge in [0.25, 0.3) is 0 Å². The van der Waals surface area contributed by atoms with Gasteiger partial charge in [0.1, 0.15) is 11.8 Å². The molecule has 0 spiro atoms. The average Bonchev–Trinajstić information content (AvgIpc) is 2.61. The normalized spacial score (nSPS) is 31.2. The maximum absolute atomic E-state index is 13.0. The van der Waals surface area contributed by atoms with Crippen LogP contribution in [-0.4, -0.2) is 24.2 Å². The number of anilines is 1. The number of amides is 2. The predicted molar refractivity (Wildman–Crippen MR) is 100.0 cm³/mol. The molecule has 0 saturated heterocycles. The van der Waals surface area contributed by atoms with Crippen LogP contribution in [-0.2, 0) is 9.59 Å². The van der Waals surface area contributed by atoms with Crippen LogP contribution in [0.3, 0.4) is 0 Å². The zero-order valence-electron chi connectivity index (χ0n) is 16.2. The van der Waals surface area contributed by atoms with E-state index in [4.69, 9.17) is 0 Å². The summed E-state index contributed by atoms with van der Waals surface area (Å²) < 4.78 is 40.5. The number of nitrogens with one attached hydrogen (secondary N) is 2. The lowest BCUT2D eigenvalue weighted by Gasteiger charge is -2.55. The Morgan fingerprint density at radius 2 is 1.55 bits per heavy atom. The summed E-state index contributed by atoms with van der Waals surface area (Å²) in [4.78, 5) is 25.5. The van der Waals surface area contributed by atoms with Crippen LogP contribution in [0, 0.1) is 23.2 Å². The third-order valence-electron chi connectivity index (χ3n) is 6.62. The first-order valence-electron chi connectivity index (χ1n) is 10.1. The van der Waals surface area contributed by atoms with Crippen molar-refractivity contribution >= 4 is 17.5 Å². The molecule has 1 unspecified atom stereocenters. The van der Waals surface area contributed by atoms with Gasteiger partial charge in [-0.2, -0.15) is 0 Å². The summed E-state index contributed by atoms with van der Waals surface area (Å²) in [5.74, 6) is 1.09. The van der Waals surface area contributed by atoms with E-state index in [1.807, 2.05) is 0 Å². The first-order chi connectivity index (χ1) is 13.6. The maximum atomic E-state index is 13.0. The van der Waals surface area contributed by atoms with Crippen LogP contribution in [0.2, 0.25) is 0 Å². The largest absolute Gasteiger partial charge is 0.573 e. The van der Waals surface area contributed by atoms with Gasteiger partial charge in [-0.1, -0.05) is 0 Å². The molecule has 5 nitrogen and oxygen atoms in total. The number of carbonyl (C=O) groups excluding carboxylic acids is 2. The number of rotatable bonds is 5. The highest BCUT2D eigenvalue weighted by Crippen LogP contribution is 2.60. The summed E-state index contributed by atoms with van der Waals surface area (Å²) in [7, 11) is 0. The fraction of sp³-hybridized carbons (Fsp3) is 0.619.